The van der Waals surface area contributed by atoms with Crippen LogP contribution in [0.1, 0.15) is 16.7 Å². The number of carbonyl (C=O) groups excluding carboxylic acids is 3. The lowest BCUT2D eigenvalue weighted by Gasteiger charge is -2.26. The predicted molar refractivity (Wildman–Crippen MR) is 124 cm³/mol. The fraction of sp³-hybridized carbons (Fsp3) is 0.0417. The van der Waals surface area contributed by atoms with E-state index in [1.165, 1.54) is 24.3 Å². The predicted octanol–water partition coefficient (Wildman–Crippen LogP) is 5.50. The van der Waals surface area contributed by atoms with E-state index in [0.717, 1.165) is 21.7 Å². The SMILES string of the molecule is O=C1NC(=O)N(c2ccccc2F)C(=O)/C1=C\c1cc(Cl)ccc1Cc1ccccc1Br. The molecule has 8 heteroatoms. The first kappa shape index (κ1) is 21.9. The Morgan fingerprint density at radius 2 is 1.69 bits per heavy atom. The van der Waals surface area contributed by atoms with Gasteiger partial charge < -0.3 is 0 Å². The molecule has 1 N–H and O–H groups in total. The number of imide groups is 2. The van der Waals surface area contributed by atoms with Crippen LogP contribution >= 0.6 is 27.5 Å². The van der Waals surface area contributed by atoms with Gasteiger partial charge in [-0.05, 0) is 59.5 Å². The van der Waals surface area contributed by atoms with Crippen molar-refractivity contribution in [3.8, 4) is 0 Å². The molecule has 0 aromatic heterocycles. The number of anilines is 1. The van der Waals surface area contributed by atoms with Gasteiger partial charge in [-0.1, -0.05) is 63.9 Å². The summed E-state index contributed by atoms with van der Waals surface area (Å²) in [6.07, 6.45) is 1.87. The van der Waals surface area contributed by atoms with E-state index in [4.69, 9.17) is 11.6 Å². The first-order valence-corrected chi connectivity index (χ1v) is 10.7. The number of carbonyl (C=O) groups is 3. The van der Waals surface area contributed by atoms with Crippen LogP contribution in [0.2, 0.25) is 5.02 Å². The summed E-state index contributed by atoms with van der Waals surface area (Å²) in [4.78, 5) is 38.5. The second-order valence-electron chi connectivity index (χ2n) is 7.02. The largest absolute Gasteiger partial charge is 0.336 e. The van der Waals surface area contributed by atoms with Gasteiger partial charge in [0.25, 0.3) is 11.8 Å². The van der Waals surface area contributed by atoms with Crippen molar-refractivity contribution >= 4 is 57.1 Å². The summed E-state index contributed by atoms with van der Waals surface area (Å²) in [7, 11) is 0. The molecule has 4 amide bonds. The van der Waals surface area contributed by atoms with Crippen LogP contribution in [0.15, 0.2) is 76.8 Å². The quantitative estimate of drug-likeness (QED) is 0.370. The lowest BCUT2D eigenvalue weighted by atomic mass is 9.97. The Bertz CT molecular complexity index is 1290. The summed E-state index contributed by atoms with van der Waals surface area (Å²) < 4.78 is 15.2. The lowest BCUT2D eigenvalue weighted by molar-refractivity contribution is -0.122. The zero-order valence-electron chi connectivity index (χ0n) is 16.4. The molecule has 0 radical (unpaired) electrons. The van der Waals surface area contributed by atoms with Crippen molar-refractivity contribution in [3.63, 3.8) is 0 Å². The van der Waals surface area contributed by atoms with Crippen LogP contribution in [0.3, 0.4) is 0 Å². The number of barbiturate groups is 1. The van der Waals surface area contributed by atoms with Crippen molar-refractivity contribution in [3.05, 3.63) is 104 Å². The van der Waals surface area contributed by atoms with Gasteiger partial charge in [0.05, 0.1) is 5.69 Å². The molecule has 1 heterocycles. The molecule has 5 nitrogen and oxygen atoms in total. The molecule has 1 aliphatic rings. The Morgan fingerprint density at radius 1 is 0.969 bits per heavy atom. The van der Waals surface area contributed by atoms with Crippen molar-refractivity contribution < 1.29 is 18.8 Å². The third kappa shape index (κ3) is 4.35. The summed E-state index contributed by atoms with van der Waals surface area (Å²) in [6.45, 7) is 0. The Kier molecular flexibility index (Phi) is 6.21. The van der Waals surface area contributed by atoms with E-state index in [2.05, 4.69) is 21.2 Å². The summed E-state index contributed by atoms with van der Waals surface area (Å²) >= 11 is 9.69. The van der Waals surface area contributed by atoms with Crippen molar-refractivity contribution in [1.82, 2.24) is 5.32 Å². The molecular weight excluding hydrogens is 499 g/mol. The first-order valence-electron chi connectivity index (χ1n) is 9.53. The number of halogens is 3. The van der Waals surface area contributed by atoms with Crippen LogP contribution in [-0.2, 0) is 16.0 Å². The molecule has 1 aliphatic heterocycles. The number of rotatable bonds is 4. The minimum absolute atomic E-state index is 0.243. The molecule has 0 bridgehead atoms. The molecule has 0 spiro atoms. The van der Waals surface area contributed by atoms with Gasteiger partial charge in [0.2, 0.25) is 0 Å². The van der Waals surface area contributed by atoms with Crippen LogP contribution in [0.5, 0.6) is 0 Å². The molecule has 0 atom stereocenters. The van der Waals surface area contributed by atoms with E-state index >= 15 is 0 Å². The Morgan fingerprint density at radius 3 is 2.44 bits per heavy atom. The first-order chi connectivity index (χ1) is 15.3. The van der Waals surface area contributed by atoms with Gasteiger partial charge in [-0.15, -0.1) is 0 Å². The molecule has 3 aromatic carbocycles. The second-order valence-corrected chi connectivity index (χ2v) is 8.31. The number of nitrogens with one attached hydrogen (secondary N) is 1. The van der Waals surface area contributed by atoms with Gasteiger partial charge in [0.15, 0.2) is 0 Å². The fourth-order valence-corrected chi connectivity index (χ4v) is 3.98. The van der Waals surface area contributed by atoms with E-state index in [-0.39, 0.29) is 11.3 Å². The molecule has 0 unspecified atom stereocenters. The molecule has 3 aromatic rings. The lowest BCUT2D eigenvalue weighted by Crippen LogP contribution is -2.54. The molecule has 1 fully saturated rings. The van der Waals surface area contributed by atoms with Gasteiger partial charge >= 0.3 is 6.03 Å². The summed E-state index contributed by atoms with van der Waals surface area (Å²) in [5.74, 6) is -2.54. The maximum absolute atomic E-state index is 14.3. The number of amides is 4. The number of para-hydroxylation sites is 1. The van der Waals surface area contributed by atoms with Gasteiger partial charge in [0, 0.05) is 9.50 Å². The normalized spacial score (nSPS) is 15.3. The standard InChI is InChI=1S/C24H15BrClFN2O3/c25-19-6-2-1-5-15(19)11-14-9-10-17(26)12-16(14)13-18-22(30)28-24(32)29(23(18)31)21-8-4-3-7-20(21)27/h1-10,12-13H,11H2,(H,28,30,32)/b18-13-. The number of benzene rings is 3. The summed E-state index contributed by atoms with van der Waals surface area (Å²) in [6, 6.07) is 17.2. The smallest absolute Gasteiger partial charge is 0.273 e. The monoisotopic (exact) mass is 512 g/mol. The maximum Gasteiger partial charge on any atom is 0.336 e. The van der Waals surface area contributed by atoms with E-state index in [1.807, 2.05) is 24.3 Å². The van der Waals surface area contributed by atoms with E-state index in [0.29, 0.717) is 21.9 Å². The van der Waals surface area contributed by atoms with E-state index < -0.39 is 23.7 Å². The molecule has 0 aliphatic carbocycles. The van der Waals surface area contributed by atoms with Gasteiger partial charge in [-0.25, -0.2) is 14.1 Å². The Balaban J connectivity index is 1.77. The van der Waals surface area contributed by atoms with Crippen LogP contribution < -0.4 is 10.2 Å². The number of urea groups is 1. The van der Waals surface area contributed by atoms with Crippen molar-refractivity contribution in [2.45, 2.75) is 6.42 Å². The van der Waals surface area contributed by atoms with Crippen molar-refractivity contribution in [2.24, 2.45) is 0 Å². The van der Waals surface area contributed by atoms with Crippen LogP contribution in [-0.4, -0.2) is 17.8 Å². The van der Waals surface area contributed by atoms with E-state index in [1.54, 1.807) is 18.2 Å². The minimum atomic E-state index is -1.01. The van der Waals surface area contributed by atoms with Gasteiger partial charge in [0.1, 0.15) is 11.4 Å². The average Bonchev–Trinajstić information content (AvgIpc) is 2.75. The van der Waals surface area contributed by atoms with Crippen molar-refractivity contribution in [1.29, 1.82) is 0 Å². The average molecular weight is 514 g/mol. The maximum atomic E-state index is 14.3. The zero-order valence-corrected chi connectivity index (χ0v) is 18.8. The molecular formula is C24H15BrClFN2O3. The molecule has 1 saturated heterocycles. The third-order valence-corrected chi connectivity index (χ3v) is 5.95. The summed E-state index contributed by atoms with van der Waals surface area (Å²) in [5, 5.41) is 2.52. The van der Waals surface area contributed by atoms with Crippen molar-refractivity contribution in [2.75, 3.05) is 4.90 Å². The van der Waals surface area contributed by atoms with Gasteiger partial charge in [-0.2, -0.15) is 0 Å². The number of hydrogen-bond acceptors (Lipinski definition) is 3. The fourth-order valence-electron chi connectivity index (χ4n) is 3.37. The van der Waals surface area contributed by atoms with Gasteiger partial charge in [-0.3, -0.25) is 14.9 Å². The van der Waals surface area contributed by atoms with E-state index in [9.17, 15) is 18.8 Å². The number of nitrogens with zero attached hydrogens (tertiary/aromatic N) is 1. The van der Waals surface area contributed by atoms with Crippen LogP contribution in [0.4, 0.5) is 14.9 Å². The number of hydrogen-bond donors (Lipinski definition) is 1. The highest BCUT2D eigenvalue weighted by Gasteiger charge is 2.38. The molecule has 4 rings (SSSR count). The third-order valence-electron chi connectivity index (χ3n) is 4.94. The minimum Gasteiger partial charge on any atom is -0.273 e. The zero-order chi connectivity index (χ0) is 22.8. The van der Waals surface area contributed by atoms with Crippen LogP contribution in [0.25, 0.3) is 6.08 Å². The highest BCUT2D eigenvalue weighted by Crippen LogP contribution is 2.28. The Hall–Kier alpha value is -3.29. The molecule has 32 heavy (non-hydrogen) atoms. The van der Waals surface area contributed by atoms with Crippen LogP contribution in [0, 0.1) is 5.82 Å². The highest BCUT2D eigenvalue weighted by molar-refractivity contribution is 9.10. The topological polar surface area (TPSA) is 66.5 Å². The molecule has 0 saturated carbocycles. The molecule has 160 valence electrons. The summed E-state index contributed by atoms with van der Waals surface area (Å²) in [5.41, 5.74) is 1.80. The highest BCUT2D eigenvalue weighted by atomic mass is 79.9. The second kappa shape index (κ2) is 9.06. The Labute approximate surface area is 196 Å².